The third-order valence-corrected chi connectivity index (χ3v) is 5.99. The minimum Gasteiger partial charge on any atom is -0.497 e. The zero-order chi connectivity index (χ0) is 22.4. The molecule has 31 heavy (non-hydrogen) atoms. The molecule has 7 heteroatoms. The van der Waals surface area contributed by atoms with Crippen molar-refractivity contribution in [2.45, 2.75) is 50.7 Å². The van der Waals surface area contributed by atoms with Crippen molar-refractivity contribution in [3.05, 3.63) is 54.6 Å². The van der Waals surface area contributed by atoms with Gasteiger partial charge >= 0.3 is 6.09 Å². The number of amides is 2. The van der Waals surface area contributed by atoms with E-state index in [-0.39, 0.29) is 18.6 Å². The van der Waals surface area contributed by atoms with E-state index in [0.717, 1.165) is 11.3 Å². The van der Waals surface area contributed by atoms with E-state index in [1.54, 1.807) is 18.1 Å². The van der Waals surface area contributed by atoms with Crippen LogP contribution in [0.25, 0.3) is 0 Å². The number of hydrogen-bond donors (Lipinski definition) is 0. The molecule has 4 atom stereocenters. The van der Waals surface area contributed by atoms with Crippen LogP contribution < -0.4 is 4.74 Å². The van der Waals surface area contributed by atoms with Gasteiger partial charge in [0.2, 0.25) is 5.91 Å². The van der Waals surface area contributed by atoms with Crippen molar-refractivity contribution in [2.24, 2.45) is 5.92 Å². The van der Waals surface area contributed by atoms with Gasteiger partial charge in [0, 0.05) is 13.1 Å². The third-order valence-electron chi connectivity index (χ3n) is 5.99. The van der Waals surface area contributed by atoms with E-state index >= 15 is 0 Å². The number of nitrogens with zero attached hydrogens (tertiary/aromatic N) is 2. The molecular formula is C24H30N2O5. The molecule has 0 N–H and O–H groups in total. The predicted octanol–water partition coefficient (Wildman–Crippen LogP) is 3.15. The highest BCUT2D eigenvalue weighted by atomic mass is 16.6. The Labute approximate surface area is 183 Å². The average molecular weight is 427 g/mol. The van der Waals surface area contributed by atoms with Gasteiger partial charge in [0.15, 0.2) is 0 Å². The Bertz CT molecular complexity index is 904. The van der Waals surface area contributed by atoms with Crippen LogP contribution in [-0.2, 0) is 20.8 Å². The summed E-state index contributed by atoms with van der Waals surface area (Å²) >= 11 is 0. The molecule has 166 valence electrons. The van der Waals surface area contributed by atoms with Gasteiger partial charge in [-0.15, -0.1) is 6.58 Å². The van der Waals surface area contributed by atoms with Crippen LogP contribution in [0.3, 0.4) is 0 Å². The zero-order valence-electron chi connectivity index (χ0n) is 18.5. The fourth-order valence-corrected chi connectivity index (χ4v) is 4.77. The van der Waals surface area contributed by atoms with E-state index < -0.39 is 29.3 Å². The number of carbonyl (C=O) groups is 2. The lowest BCUT2D eigenvalue weighted by molar-refractivity contribution is -0.133. The molecule has 3 aliphatic rings. The van der Waals surface area contributed by atoms with E-state index in [9.17, 15) is 9.59 Å². The van der Waals surface area contributed by atoms with Crippen LogP contribution in [0, 0.1) is 5.92 Å². The number of ether oxygens (including phenoxy) is 3. The average Bonchev–Trinajstić information content (AvgIpc) is 3.34. The molecule has 3 aliphatic heterocycles. The molecule has 2 bridgehead atoms. The van der Waals surface area contributed by atoms with Crippen LogP contribution >= 0.6 is 0 Å². The summed E-state index contributed by atoms with van der Waals surface area (Å²) in [6.07, 6.45) is 4.82. The molecule has 0 radical (unpaired) electrons. The largest absolute Gasteiger partial charge is 0.497 e. The summed E-state index contributed by atoms with van der Waals surface area (Å²) in [5, 5.41) is 0. The second-order valence-electron chi connectivity index (χ2n) is 9.33. The quantitative estimate of drug-likeness (QED) is 0.654. The molecule has 7 nitrogen and oxygen atoms in total. The number of fused-ring (bicyclic) bond motifs is 1. The van der Waals surface area contributed by atoms with Crippen molar-refractivity contribution < 1.29 is 23.8 Å². The second-order valence-corrected chi connectivity index (χ2v) is 9.33. The van der Waals surface area contributed by atoms with Crippen LogP contribution in [0.15, 0.2) is 49.1 Å². The number of likely N-dealkylation sites (tertiary alicyclic amines) is 1. The summed E-state index contributed by atoms with van der Waals surface area (Å²) in [7, 11) is 1.62. The summed E-state index contributed by atoms with van der Waals surface area (Å²) in [6, 6.07) is 7.25. The Kier molecular flexibility index (Phi) is 5.33. The van der Waals surface area contributed by atoms with Gasteiger partial charge in [0.25, 0.3) is 0 Å². The van der Waals surface area contributed by atoms with Gasteiger partial charge in [0.05, 0.1) is 31.7 Å². The van der Waals surface area contributed by atoms with Gasteiger partial charge in [-0.3, -0.25) is 9.69 Å². The smallest absolute Gasteiger partial charge is 0.410 e. The molecule has 1 aromatic rings. The number of benzene rings is 1. The van der Waals surface area contributed by atoms with Crippen molar-refractivity contribution in [3.8, 4) is 5.75 Å². The number of methoxy groups -OCH3 is 1. The molecule has 3 heterocycles. The zero-order valence-corrected chi connectivity index (χ0v) is 18.5. The summed E-state index contributed by atoms with van der Waals surface area (Å²) < 4.78 is 17.1. The van der Waals surface area contributed by atoms with E-state index in [2.05, 4.69) is 6.58 Å². The predicted molar refractivity (Wildman–Crippen MR) is 116 cm³/mol. The normalized spacial score (nSPS) is 28.6. The van der Waals surface area contributed by atoms with E-state index in [4.69, 9.17) is 14.2 Å². The molecule has 2 saturated heterocycles. The third kappa shape index (κ3) is 3.82. The maximum atomic E-state index is 13.5. The Balaban J connectivity index is 1.58. The standard InChI is InChI=1S/C24H30N2O5/c1-6-13-26(22(28)31-23(2,3)4)20-18-11-12-24(30-18)15-25(21(27)19(20)24)14-16-7-9-17(29-5)10-8-16/h6-12,18-20H,1,13-15H2,2-5H3/t18-,19+,20+,24-/m0/s1. The molecule has 0 unspecified atom stereocenters. The molecule has 4 rings (SSSR count). The first-order valence-corrected chi connectivity index (χ1v) is 10.6. The molecular weight excluding hydrogens is 396 g/mol. The Morgan fingerprint density at radius 3 is 2.68 bits per heavy atom. The number of rotatable bonds is 6. The van der Waals surface area contributed by atoms with Gasteiger partial charge in [-0.05, 0) is 38.5 Å². The van der Waals surface area contributed by atoms with Crippen molar-refractivity contribution in [2.75, 3.05) is 20.2 Å². The van der Waals surface area contributed by atoms with E-state index in [0.29, 0.717) is 13.1 Å². The van der Waals surface area contributed by atoms with E-state index in [1.807, 2.05) is 62.1 Å². The maximum absolute atomic E-state index is 13.5. The highest BCUT2D eigenvalue weighted by Crippen LogP contribution is 2.50. The minimum absolute atomic E-state index is 0.00899. The maximum Gasteiger partial charge on any atom is 0.410 e. The fraction of sp³-hybridized carbons (Fsp3) is 0.500. The first-order chi connectivity index (χ1) is 14.7. The Morgan fingerprint density at radius 2 is 2.06 bits per heavy atom. The summed E-state index contributed by atoms with van der Waals surface area (Å²) in [5.41, 5.74) is -0.334. The number of hydrogen-bond acceptors (Lipinski definition) is 5. The van der Waals surface area contributed by atoms with Gasteiger partial charge in [0.1, 0.15) is 17.0 Å². The van der Waals surface area contributed by atoms with Gasteiger partial charge in [-0.2, -0.15) is 0 Å². The molecule has 2 fully saturated rings. The molecule has 0 saturated carbocycles. The topological polar surface area (TPSA) is 68.3 Å². The van der Waals surface area contributed by atoms with Crippen LogP contribution in [0.2, 0.25) is 0 Å². The van der Waals surface area contributed by atoms with Crippen LogP contribution in [0.4, 0.5) is 4.79 Å². The molecule has 2 amide bonds. The monoisotopic (exact) mass is 426 g/mol. The molecule has 0 aliphatic carbocycles. The lowest BCUT2D eigenvalue weighted by atomic mass is 9.81. The highest BCUT2D eigenvalue weighted by Gasteiger charge is 2.66. The number of carbonyl (C=O) groups excluding carboxylic acids is 2. The minimum atomic E-state index is -0.708. The van der Waals surface area contributed by atoms with E-state index in [1.165, 1.54) is 0 Å². The van der Waals surface area contributed by atoms with Gasteiger partial charge < -0.3 is 19.1 Å². The molecule has 1 spiro atoms. The molecule has 1 aromatic carbocycles. The van der Waals surface area contributed by atoms with Crippen molar-refractivity contribution in [3.63, 3.8) is 0 Å². The van der Waals surface area contributed by atoms with Crippen LogP contribution in [0.5, 0.6) is 5.75 Å². The summed E-state index contributed by atoms with van der Waals surface area (Å²) in [6.45, 7) is 10.5. The molecule has 0 aromatic heterocycles. The van der Waals surface area contributed by atoms with Crippen molar-refractivity contribution >= 4 is 12.0 Å². The van der Waals surface area contributed by atoms with Crippen LogP contribution in [-0.4, -0.2) is 65.3 Å². The first-order valence-electron chi connectivity index (χ1n) is 10.6. The Hall–Kier alpha value is -2.80. The SMILES string of the molecule is C=CCN(C(=O)OC(C)(C)C)[C@@H]1[C@@H]2C=C[C@@]3(CN(Cc4ccc(OC)cc4)C(=O)[C@@H]13)O2. The first kappa shape index (κ1) is 21.4. The van der Waals surface area contributed by atoms with Crippen molar-refractivity contribution in [1.82, 2.24) is 9.80 Å². The summed E-state index contributed by atoms with van der Waals surface area (Å²) in [4.78, 5) is 29.9. The van der Waals surface area contributed by atoms with Gasteiger partial charge in [-0.1, -0.05) is 30.4 Å². The Morgan fingerprint density at radius 1 is 1.35 bits per heavy atom. The van der Waals surface area contributed by atoms with Gasteiger partial charge in [-0.25, -0.2) is 4.79 Å². The van der Waals surface area contributed by atoms with Crippen LogP contribution in [0.1, 0.15) is 26.3 Å². The fourth-order valence-electron chi connectivity index (χ4n) is 4.77. The highest BCUT2D eigenvalue weighted by molar-refractivity contribution is 5.86. The summed E-state index contributed by atoms with van der Waals surface area (Å²) in [5.74, 6) is 0.299. The van der Waals surface area contributed by atoms with Crippen molar-refractivity contribution in [1.29, 1.82) is 0 Å². The lowest BCUT2D eigenvalue weighted by Gasteiger charge is -2.35. The lowest BCUT2D eigenvalue weighted by Crippen LogP contribution is -2.53. The second kappa shape index (κ2) is 7.71.